The van der Waals surface area contributed by atoms with Crippen LogP contribution >= 0.6 is 0 Å². The molecule has 0 bridgehead atoms. The number of amides is 1. The Bertz CT molecular complexity index is 1060. The fourth-order valence-electron chi connectivity index (χ4n) is 4.06. The van der Waals surface area contributed by atoms with Crippen molar-refractivity contribution in [1.29, 1.82) is 0 Å². The van der Waals surface area contributed by atoms with Crippen molar-refractivity contribution in [2.75, 3.05) is 10.2 Å². The van der Waals surface area contributed by atoms with Crippen LogP contribution in [0.4, 0.5) is 15.9 Å². The van der Waals surface area contributed by atoms with Gasteiger partial charge in [-0.05, 0) is 43.4 Å². The Morgan fingerprint density at radius 1 is 1.14 bits per heavy atom. The van der Waals surface area contributed by atoms with E-state index in [1.165, 1.54) is 0 Å². The lowest BCUT2D eigenvalue weighted by atomic mass is 10.1. The van der Waals surface area contributed by atoms with Crippen molar-refractivity contribution in [3.63, 3.8) is 0 Å². The van der Waals surface area contributed by atoms with Gasteiger partial charge in [0.25, 0.3) is 0 Å². The Labute approximate surface area is 167 Å². The first-order chi connectivity index (χ1) is 14.1. The van der Waals surface area contributed by atoms with Crippen molar-refractivity contribution in [2.45, 2.75) is 31.8 Å². The molecule has 2 fully saturated rings. The highest BCUT2D eigenvalue weighted by molar-refractivity contribution is 5.98. The van der Waals surface area contributed by atoms with Crippen LogP contribution in [0.15, 0.2) is 49.2 Å². The van der Waals surface area contributed by atoms with Crippen molar-refractivity contribution in [3.05, 3.63) is 60.6 Å². The first-order valence-electron chi connectivity index (χ1n) is 9.54. The van der Waals surface area contributed by atoms with Gasteiger partial charge in [-0.3, -0.25) is 9.78 Å². The predicted molar refractivity (Wildman–Crippen MR) is 106 cm³/mol. The van der Waals surface area contributed by atoms with Crippen molar-refractivity contribution in [3.8, 4) is 11.4 Å². The summed E-state index contributed by atoms with van der Waals surface area (Å²) >= 11 is 0. The molecule has 3 atom stereocenters. The van der Waals surface area contributed by atoms with Crippen molar-refractivity contribution >= 4 is 17.4 Å². The standard InChI is InChI=1S/C21H19FN6O/c1-12-2-3-15(8-16(12)20-25-9-14(22)10-26-20)27-21(29)18-7-13-6-17(13)28(18)19-11-23-4-5-24-19/h2-5,8-11,13,17-18H,6-7H2,1H3,(H,27,29)/t13-,17-,18+/m0/s1. The van der Waals surface area contributed by atoms with E-state index in [1.807, 2.05) is 25.1 Å². The van der Waals surface area contributed by atoms with Gasteiger partial charge in [0, 0.05) is 29.7 Å². The van der Waals surface area contributed by atoms with Crippen LogP contribution in [-0.2, 0) is 4.79 Å². The lowest BCUT2D eigenvalue weighted by Gasteiger charge is -2.27. The molecule has 3 aromatic rings. The molecule has 8 heteroatoms. The minimum atomic E-state index is -0.486. The number of halogens is 1. The number of nitrogens with zero attached hydrogens (tertiary/aromatic N) is 5. The molecule has 1 aliphatic carbocycles. The van der Waals surface area contributed by atoms with E-state index in [0.29, 0.717) is 23.5 Å². The maximum atomic E-state index is 13.1. The number of aryl methyl sites for hydroxylation is 1. The molecule has 1 saturated carbocycles. The van der Waals surface area contributed by atoms with Gasteiger partial charge in [-0.1, -0.05) is 6.07 Å². The van der Waals surface area contributed by atoms with E-state index in [1.54, 1.807) is 18.6 Å². The summed E-state index contributed by atoms with van der Waals surface area (Å²) in [5, 5.41) is 3.02. The number of rotatable bonds is 4. The minimum Gasteiger partial charge on any atom is -0.340 e. The number of carbonyl (C=O) groups is 1. The van der Waals surface area contributed by atoms with Crippen LogP contribution in [0, 0.1) is 18.7 Å². The topological polar surface area (TPSA) is 83.9 Å². The molecule has 2 aliphatic rings. The van der Waals surface area contributed by atoms with Gasteiger partial charge in [0.1, 0.15) is 11.9 Å². The molecule has 2 aromatic heterocycles. The quantitative estimate of drug-likeness (QED) is 0.737. The second-order valence-corrected chi connectivity index (χ2v) is 7.53. The monoisotopic (exact) mass is 390 g/mol. The highest BCUT2D eigenvalue weighted by Crippen LogP contribution is 2.49. The summed E-state index contributed by atoms with van der Waals surface area (Å²) < 4.78 is 13.1. The third-order valence-corrected chi connectivity index (χ3v) is 5.59. The number of fused-ring (bicyclic) bond motifs is 1. The summed E-state index contributed by atoms with van der Waals surface area (Å²) in [6, 6.07) is 5.65. The summed E-state index contributed by atoms with van der Waals surface area (Å²) in [5.41, 5.74) is 2.35. The van der Waals surface area contributed by atoms with Gasteiger partial charge in [-0.2, -0.15) is 0 Å². The largest absolute Gasteiger partial charge is 0.340 e. The summed E-state index contributed by atoms with van der Waals surface area (Å²) in [6.07, 6.45) is 9.16. The van der Waals surface area contributed by atoms with Gasteiger partial charge in [0.15, 0.2) is 11.6 Å². The molecule has 1 N–H and O–H groups in total. The Hall–Kier alpha value is -3.42. The van der Waals surface area contributed by atoms with Gasteiger partial charge in [-0.25, -0.2) is 19.3 Å². The Balaban J connectivity index is 1.38. The van der Waals surface area contributed by atoms with E-state index in [4.69, 9.17) is 0 Å². The predicted octanol–water partition coefficient (Wildman–Crippen LogP) is 2.99. The zero-order valence-electron chi connectivity index (χ0n) is 15.8. The Morgan fingerprint density at radius 2 is 1.97 bits per heavy atom. The van der Waals surface area contributed by atoms with E-state index < -0.39 is 5.82 Å². The van der Waals surface area contributed by atoms with Crippen molar-refractivity contribution in [1.82, 2.24) is 19.9 Å². The molecule has 146 valence electrons. The number of carbonyl (C=O) groups excluding carboxylic acids is 1. The van der Waals surface area contributed by atoms with Crippen LogP contribution in [0.25, 0.3) is 11.4 Å². The average Bonchev–Trinajstić information content (AvgIpc) is 3.40. The molecule has 0 radical (unpaired) electrons. The van der Waals surface area contributed by atoms with Crippen LogP contribution < -0.4 is 10.2 Å². The van der Waals surface area contributed by atoms with E-state index in [-0.39, 0.29) is 11.9 Å². The molecule has 5 rings (SSSR count). The maximum absolute atomic E-state index is 13.1. The zero-order chi connectivity index (χ0) is 20.0. The molecule has 1 amide bonds. The molecule has 0 spiro atoms. The van der Waals surface area contributed by atoms with Crippen molar-refractivity contribution < 1.29 is 9.18 Å². The smallest absolute Gasteiger partial charge is 0.247 e. The Morgan fingerprint density at radius 3 is 2.72 bits per heavy atom. The lowest BCUT2D eigenvalue weighted by molar-refractivity contribution is -0.117. The first-order valence-corrected chi connectivity index (χ1v) is 9.54. The molecular weight excluding hydrogens is 371 g/mol. The number of hydrogen-bond donors (Lipinski definition) is 1. The third kappa shape index (κ3) is 3.30. The summed E-state index contributed by atoms with van der Waals surface area (Å²) in [5.74, 6) is 1.14. The molecule has 0 unspecified atom stereocenters. The van der Waals surface area contributed by atoms with Crippen LogP contribution in [-0.4, -0.2) is 37.9 Å². The summed E-state index contributed by atoms with van der Waals surface area (Å²) in [6.45, 7) is 1.92. The number of piperidine rings is 1. The highest BCUT2D eigenvalue weighted by atomic mass is 19.1. The fourth-order valence-corrected chi connectivity index (χ4v) is 4.06. The second kappa shape index (κ2) is 6.88. The second-order valence-electron chi connectivity index (χ2n) is 7.53. The normalized spacial score (nSPS) is 22.3. The molecule has 1 saturated heterocycles. The molecule has 1 aliphatic heterocycles. The highest BCUT2D eigenvalue weighted by Gasteiger charge is 2.54. The lowest BCUT2D eigenvalue weighted by Crippen LogP contribution is -2.42. The van der Waals surface area contributed by atoms with Crippen LogP contribution in [0.5, 0.6) is 0 Å². The van der Waals surface area contributed by atoms with Crippen LogP contribution in [0.3, 0.4) is 0 Å². The van der Waals surface area contributed by atoms with E-state index in [0.717, 1.165) is 42.2 Å². The SMILES string of the molecule is Cc1ccc(NC(=O)[C@H]2C[C@@H]3C[C@@H]3N2c2cnccn2)cc1-c1ncc(F)cn1. The van der Waals surface area contributed by atoms with Crippen LogP contribution in [0.2, 0.25) is 0 Å². The summed E-state index contributed by atoms with van der Waals surface area (Å²) in [4.78, 5) is 31.8. The van der Waals surface area contributed by atoms with Crippen molar-refractivity contribution in [2.24, 2.45) is 5.92 Å². The number of anilines is 2. The minimum absolute atomic E-state index is 0.0716. The third-order valence-electron chi connectivity index (χ3n) is 5.59. The van der Waals surface area contributed by atoms with E-state index in [2.05, 4.69) is 30.2 Å². The Kier molecular flexibility index (Phi) is 4.19. The molecule has 7 nitrogen and oxygen atoms in total. The first kappa shape index (κ1) is 17.7. The number of aromatic nitrogens is 4. The number of hydrogen-bond acceptors (Lipinski definition) is 6. The fraction of sp³-hybridized carbons (Fsp3) is 0.286. The van der Waals surface area contributed by atoms with Gasteiger partial charge in [0.2, 0.25) is 5.91 Å². The average molecular weight is 390 g/mol. The zero-order valence-corrected chi connectivity index (χ0v) is 15.8. The summed E-state index contributed by atoms with van der Waals surface area (Å²) in [7, 11) is 0. The molecular formula is C21H19FN6O. The number of benzene rings is 1. The maximum Gasteiger partial charge on any atom is 0.247 e. The van der Waals surface area contributed by atoms with E-state index in [9.17, 15) is 9.18 Å². The van der Waals surface area contributed by atoms with Gasteiger partial charge >= 0.3 is 0 Å². The molecule has 3 heterocycles. The molecule has 29 heavy (non-hydrogen) atoms. The van der Waals surface area contributed by atoms with E-state index >= 15 is 0 Å². The van der Waals surface area contributed by atoms with Gasteiger partial charge < -0.3 is 10.2 Å². The number of nitrogens with one attached hydrogen (secondary N) is 1. The molecule has 1 aromatic carbocycles. The van der Waals surface area contributed by atoms with Gasteiger partial charge in [0.05, 0.1) is 18.6 Å². The van der Waals surface area contributed by atoms with Gasteiger partial charge in [-0.15, -0.1) is 0 Å². The van der Waals surface area contributed by atoms with Crippen LogP contribution in [0.1, 0.15) is 18.4 Å².